The minimum absolute atomic E-state index is 0.123. The SMILES string of the molecule is CC(C)C1OCCCC1Nc1cc(NCC(C)(O)C(=O)O)ncn1. The van der Waals surface area contributed by atoms with Crippen molar-refractivity contribution in [1.82, 2.24) is 9.97 Å². The molecule has 134 valence electrons. The van der Waals surface area contributed by atoms with Crippen LogP contribution in [-0.2, 0) is 9.53 Å². The molecule has 0 amide bonds. The van der Waals surface area contributed by atoms with Crippen molar-refractivity contribution in [1.29, 1.82) is 0 Å². The van der Waals surface area contributed by atoms with E-state index in [4.69, 9.17) is 9.84 Å². The number of carboxylic acids is 1. The van der Waals surface area contributed by atoms with Crippen molar-refractivity contribution in [2.24, 2.45) is 5.92 Å². The molecule has 8 heteroatoms. The average Bonchev–Trinajstić information content (AvgIpc) is 2.53. The van der Waals surface area contributed by atoms with Crippen molar-refractivity contribution in [2.75, 3.05) is 23.8 Å². The minimum Gasteiger partial charge on any atom is -0.479 e. The molecular weight excluding hydrogens is 312 g/mol. The molecule has 2 heterocycles. The second-order valence-corrected chi connectivity index (χ2v) is 6.69. The molecule has 3 unspecified atom stereocenters. The lowest BCUT2D eigenvalue weighted by atomic mass is 9.94. The number of hydrogen-bond donors (Lipinski definition) is 4. The molecule has 1 aromatic heterocycles. The minimum atomic E-state index is -1.86. The molecule has 1 saturated heterocycles. The van der Waals surface area contributed by atoms with Crippen LogP contribution in [-0.4, -0.2) is 57.0 Å². The molecule has 1 aliphatic heterocycles. The normalized spacial score (nSPS) is 23.5. The first-order valence-electron chi connectivity index (χ1n) is 8.19. The number of rotatable bonds is 7. The van der Waals surface area contributed by atoms with E-state index in [2.05, 4.69) is 34.4 Å². The Labute approximate surface area is 141 Å². The summed E-state index contributed by atoms with van der Waals surface area (Å²) in [7, 11) is 0. The van der Waals surface area contributed by atoms with Crippen LogP contribution >= 0.6 is 0 Å². The fraction of sp³-hybridized carbons (Fsp3) is 0.688. The molecular formula is C16H26N4O4. The van der Waals surface area contributed by atoms with Crippen LogP contribution in [0.15, 0.2) is 12.4 Å². The van der Waals surface area contributed by atoms with E-state index in [0.717, 1.165) is 19.4 Å². The van der Waals surface area contributed by atoms with Crippen molar-refractivity contribution in [3.05, 3.63) is 12.4 Å². The monoisotopic (exact) mass is 338 g/mol. The van der Waals surface area contributed by atoms with E-state index in [1.165, 1.54) is 13.3 Å². The van der Waals surface area contributed by atoms with Gasteiger partial charge in [-0.15, -0.1) is 0 Å². The molecule has 1 aliphatic rings. The zero-order chi connectivity index (χ0) is 17.7. The summed E-state index contributed by atoms with van der Waals surface area (Å²) in [5, 5.41) is 24.9. The second kappa shape index (κ2) is 7.76. The molecule has 0 aromatic carbocycles. The number of nitrogens with zero attached hydrogens (tertiary/aromatic N) is 2. The molecule has 0 aliphatic carbocycles. The fourth-order valence-electron chi connectivity index (χ4n) is 2.68. The summed E-state index contributed by atoms with van der Waals surface area (Å²) in [6, 6.07) is 1.87. The summed E-state index contributed by atoms with van der Waals surface area (Å²) in [5.74, 6) is 0.199. The van der Waals surface area contributed by atoms with E-state index in [-0.39, 0.29) is 18.7 Å². The van der Waals surface area contributed by atoms with Crippen LogP contribution < -0.4 is 10.6 Å². The number of carbonyl (C=O) groups is 1. The van der Waals surface area contributed by atoms with Gasteiger partial charge in [0.1, 0.15) is 18.0 Å². The fourth-order valence-corrected chi connectivity index (χ4v) is 2.68. The van der Waals surface area contributed by atoms with Crippen LogP contribution in [0.25, 0.3) is 0 Å². The van der Waals surface area contributed by atoms with Gasteiger partial charge in [-0.05, 0) is 25.7 Å². The number of aromatic nitrogens is 2. The summed E-state index contributed by atoms with van der Waals surface area (Å²) in [5.41, 5.74) is -1.86. The van der Waals surface area contributed by atoms with E-state index < -0.39 is 11.6 Å². The van der Waals surface area contributed by atoms with Crippen LogP contribution in [0.3, 0.4) is 0 Å². The lowest BCUT2D eigenvalue weighted by Crippen LogP contribution is -2.43. The molecule has 3 atom stereocenters. The van der Waals surface area contributed by atoms with Crippen LogP contribution in [0.2, 0.25) is 0 Å². The number of anilines is 2. The molecule has 24 heavy (non-hydrogen) atoms. The number of hydrogen-bond acceptors (Lipinski definition) is 7. The first-order valence-corrected chi connectivity index (χ1v) is 8.19. The zero-order valence-electron chi connectivity index (χ0n) is 14.3. The van der Waals surface area contributed by atoms with Crippen LogP contribution in [0.5, 0.6) is 0 Å². The van der Waals surface area contributed by atoms with Gasteiger partial charge in [0.25, 0.3) is 0 Å². The Morgan fingerprint density at radius 3 is 2.83 bits per heavy atom. The topological polar surface area (TPSA) is 117 Å². The largest absolute Gasteiger partial charge is 0.479 e. The molecule has 0 spiro atoms. The highest BCUT2D eigenvalue weighted by atomic mass is 16.5. The Hall–Kier alpha value is -1.93. The van der Waals surface area contributed by atoms with Gasteiger partial charge in [-0.3, -0.25) is 0 Å². The van der Waals surface area contributed by atoms with Gasteiger partial charge in [0.2, 0.25) is 0 Å². The Kier molecular flexibility index (Phi) is 5.95. The maximum atomic E-state index is 10.9. The van der Waals surface area contributed by atoms with Crippen LogP contribution in [0, 0.1) is 5.92 Å². The van der Waals surface area contributed by atoms with Gasteiger partial charge < -0.3 is 25.6 Å². The molecule has 1 fully saturated rings. The standard InChI is InChI=1S/C16H26N4O4/c1-10(2)14-11(5-4-6-24-14)20-13-7-12(18-9-19-13)17-8-16(3,23)15(21)22/h7,9-11,14,23H,4-6,8H2,1-3H3,(H,21,22)(H2,17,18,19,20). The van der Waals surface area contributed by atoms with Crippen molar-refractivity contribution < 1.29 is 19.7 Å². The van der Waals surface area contributed by atoms with Crippen molar-refractivity contribution in [2.45, 2.75) is 51.4 Å². The second-order valence-electron chi connectivity index (χ2n) is 6.69. The highest BCUT2D eigenvalue weighted by Crippen LogP contribution is 2.24. The predicted octanol–water partition coefficient (Wildman–Crippen LogP) is 1.34. The number of ether oxygens (including phenoxy) is 1. The highest BCUT2D eigenvalue weighted by Gasteiger charge is 2.30. The van der Waals surface area contributed by atoms with Gasteiger partial charge in [0.15, 0.2) is 5.60 Å². The Morgan fingerprint density at radius 1 is 1.46 bits per heavy atom. The number of aliphatic carboxylic acids is 1. The molecule has 8 nitrogen and oxygen atoms in total. The van der Waals surface area contributed by atoms with E-state index in [9.17, 15) is 9.90 Å². The number of nitrogens with one attached hydrogen (secondary N) is 2. The van der Waals surface area contributed by atoms with Gasteiger partial charge in [0, 0.05) is 12.7 Å². The summed E-state index contributed by atoms with van der Waals surface area (Å²) >= 11 is 0. The molecule has 1 aromatic rings. The number of carboxylic acid groups (broad SMARTS) is 1. The summed E-state index contributed by atoms with van der Waals surface area (Å²) < 4.78 is 5.85. The third-order valence-electron chi connectivity index (χ3n) is 4.10. The van der Waals surface area contributed by atoms with Gasteiger partial charge in [-0.2, -0.15) is 0 Å². The lowest BCUT2D eigenvalue weighted by molar-refractivity contribution is -0.155. The highest BCUT2D eigenvalue weighted by molar-refractivity contribution is 5.77. The van der Waals surface area contributed by atoms with E-state index in [1.54, 1.807) is 6.07 Å². The molecule has 2 rings (SSSR count). The van der Waals surface area contributed by atoms with Crippen LogP contribution in [0.4, 0.5) is 11.6 Å². The lowest BCUT2D eigenvalue weighted by Gasteiger charge is -2.35. The van der Waals surface area contributed by atoms with E-state index in [1.807, 2.05) is 0 Å². The van der Waals surface area contributed by atoms with Crippen molar-refractivity contribution in [3.63, 3.8) is 0 Å². The molecule has 4 N–H and O–H groups in total. The Balaban J connectivity index is 2.00. The van der Waals surface area contributed by atoms with Crippen molar-refractivity contribution >= 4 is 17.6 Å². The van der Waals surface area contributed by atoms with Gasteiger partial charge in [0.05, 0.1) is 18.7 Å². The van der Waals surface area contributed by atoms with Gasteiger partial charge in [-0.25, -0.2) is 14.8 Å². The van der Waals surface area contributed by atoms with Crippen LogP contribution in [0.1, 0.15) is 33.6 Å². The maximum Gasteiger partial charge on any atom is 0.337 e. The maximum absolute atomic E-state index is 10.9. The van der Waals surface area contributed by atoms with Gasteiger partial charge >= 0.3 is 5.97 Å². The summed E-state index contributed by atoms with van der Waals surface area (Å²) in [6.45, 7) is 6.12. The van der Waals surface area contributed by atoms with E-state index in [0.29, 0.717) is 17.6 Å². The zero-order valence-corrected chi connectivity index (χ0v) is 14.3. The first-order chi connectivity index (χ1) is 11.3. The molecule has 0 saturated carbocycles. The van der Waals surface area contributed by atoms with E-state index >= 15 is 0 Å². The van der Waals surface area contributed by atoms with Crippen molar-refractivity contribution in [3.8, 4) is 0 Å². The predicted molar refractivity (Wildman–Crippen MR) is 90.0 cm³/mol. The Morgan fingerprint density at radius 2 is 2.17 bits per heavy atom. The number of aliphatic hydroxyl groups is 1. The smallest absolute Gasteiger partial charge is 0.337 e. The third-order valence-corrected chi connectivity index (χ3v) is 4.10. The third kappa shape index (κ3) is 4.78. The van der Waals surface area contributed by atoms with Gasteiger partial charge in [-0.1, -0.05) is 13.8 Å². The first kappa shape index (κ1) is 18.4. The molecule has 0 bridgehead atoms. The summed E-state index contributed by atoms with van der Waals surface area (Å²) in [4.78, 5) is 19.2. The Bertz CT molecular complexity index is 565. The quantitative estimate of drug-likeness (QED) is 0.588. The molecule has 0 radical (unpaired) electrons. The average molecular weight is 338 g/mol. The summed E-state index contributed by atoms with van der Waals surface area (Å²) in [6.07, 6.45) is 3.52.